The minimum atomic E-state index is -1.29. The average molecular weight is 619 g/mol. The molecule has 2 atom stereocenters. The number of H-pyrrole nitrogens is 1. The van der Waals surface area contributed by atoms with Crippen LogP contribution < -0.4 is 5.73 Å². The van der Waals surface area contributed by atoms with Crippen LogP contribution in [0.5, 0.6) is 0 Å². The summed E-state index contributed by atoms with van der Waals surface area (Å²) in [6, 6.07) is 24.8. The molecule has 8 nitrogen and oxygen atoms in total. The van der Waals surface area contributed by atoms with Gasteiger partial charge in [-0.3, -0.25) is 19.7 Å². The Balaban J connectivity index is 1.49. The molecule has 5 aromatic rings. The van der Waals surface area contributed by atoms with Crippen LogP contribution in [0.2, 0.25) is 25.7 Å². The van der Waals surface area contributed by atoms with E-state index in [0.29, 0.717) is 25.3 Å². The fraction of sp³-hybridized carbons (Fsp3) is 0.333. The number of fused-ring (bicyclic) bond motifs is 2. The molecule has 0 aliphatic heterocycles. The van der Waals surface area contributed by atoms with Crippen LogP contribution in [0.15, 0.2) is 85.2 Å². The Bertz CT molecular complexity index is 1730. The van der Waals surface area contributed by atoms with Crippen LogP contribution in [0.25, 0.3) is 22.3 Å². The summed E-state index contributed by atoms with van der Waals surface area (Å²) < 4.78 is 6.52. The SMILES string of the molecule is C[Si](C)(C)CCOCC(c1nc2ccccc2[nH]1)N(Cc1cccc(C(N)=O)c1-c1ccccn1)C1CCCc2cccnc21. The van der Waals surface area contributed by atoms with E-state index < -0.39 is 14.0 Å². The Morgan fingerprint density at radius 3 is 2.62 bits per heavy atom. The minimum Gasteiger partial charge on any atom is -0.380 e. The van der Waals surface area contributed by atoms with Crippen molar-refractivity contribution in [2.45, 2.75) is 63.6 Å². The van der Waals surface area contributed by atoms with E-state index in [2.05, 4.69) is 52.7 Å². The number of aromatic nitrogens is 4. The number of primary amides is 1. The maximum Gasteiger partial charge on any atom is 0.249 e. The topological polar surface area (TPSA) is 110 Å². The smallest absolute Gasteiger partial charge is 0.249 e. The summed E-state index contributed by atoms with van der Waals surface area (Å²) in [4.78, 5) is 33.5. The fourth-order valence-electron chi connectivity index (χ4n) is 6.33. The van der Waals surface area contributed by atoms with Crippen LogP contribution in [0, 0.1) is 0 Å². The zero-order valence-corrected chi connectivity index (χ0v) is 27.4. The lowest BCUT2D eigenvalue weighted by atomic mass is 9.89. The highest BCUT2D eigenvalue weighted by Gasteiger charge is 2.35. The van der Waals surface area contributed by atoms with Crippen LogP contribution in [0.1, 0.15) is 57.9 Å². The number of hydrogen-bond acceptors (Lipinski definition) is 6. The number of imidazole rings is 1. The molecule has 0 saturated carbocycles. The highest BCUT2D eigenvalue weighted by atomic mass is 28.3. The number of rotatable bonds is 12. The Hall–Kier alpha value is -4.18. The van der Waals surface area contributed by atoms with Gasteiger partial charge in [-0.1, -0.05) is 56.0 Å². The number of nitrogens with two attached hydrogens (primary N) is 1. The minimum absolute atomic E-state index is 0.0163. The Morgan fingerprint density at radius 1 is 1.02 bits per heavy atom. The monoisotopic (exact) mass is 618 g/mol. The van der Waals surface area contributed by atoms with Crippen molar-refractivity contribution >= 4 is 25.0 Å². The number of aryl methyl sites for hydroxylation is 1. The van der Waals surface area contributed by atoms with E-state index in [1.807, 2.05) is 54.7 Å². The van der Waals surface area contributed by atoms with E-state index in [1.54, 1.807) is 12.3 Å². The normalized spacial score (nSPS) is 15.7. The number of hydrogen-bond donors (Lipinski definition) is 2. The zero-order valence-electron chi connectivity index (χ0n) is 26.4. The predicted molar refractivity (Wildman–Crippen MR) is 181 cm³/mol. The largest absolute Gasteiger partial charge is 0.380 e. The van der Waals surface area contributed by atoms with Crippen LogP contribution in [0.4, 0.5) is 0 Å². The van der Waals surface area contributed by atoms with Crippen LogP contribution in [0.3, 0.4) is 0 Å². The average Bonchev–Trinajstić information content (AvgIpc) is 3.47. The molecule has 1 amide bonds. The highest BCUT2D eigenvalue weighted by molar-refractivity contribution is 6.76. The molecule has 2 unspecified atom stereocenters. The van der Waals surface area contributed by atoms with Crippen LogP contribution in [-0.2, 0) is 17.7 Å². The number of pyridine rings is 2. The fourth-order valence-corrected chi connectivity index (χ4v) is 7.08. The number of carbonyl (C=O) groups is 1. The van der Waals surface area contributed by atoms with Gasteiger partial charge in [0.1, 0.15) is 5.82 Å². The van der Waals surface area contributed by atoms with Crippen molar-refractivity contribution in [1.29, 1.82) is 0 Å². The van der Waals surface area contributed by atoms with Gasteiger partial charge in [-0.25, -0.2) is 4.98 Å². The third-order valence-corrected chi connectivity index (χ3v) is 10.4. The Morgan fingerprint density at radius 2 is 1.84 bits per heavy atom. The van der Waals surface area contributed by atoms with E-state index >= 15 is 0 Å². The van der Waals surface area contributed by atoms with Crippen molar-refractivity contribution < 1.29 is 9.53 Å². The van der Waals surface area contributed by atoms with E-state index in [9.17, 15) is 4.79 Å². The maximum absolute atomic E-state index is 12.7. The molecule has 232 valence electrons. The lowest BCUT2D eigenvalue weighted by molar-refractivity contribution is 0.0258. The molecule has 0 spiro atoms. The first kappa shape index (κ1) is 30.8. The summed E-state index contributed by atoms with van der Waals surface area (Å²) in [5.41, 5.74) is 13.1. The van der Waals surface area contributed by atoms with Gasteiger partial charge in [-0.05, 0) is 72.8 Å². The van der Waals surface area contributed by atoms with Gasteiger partial charge < -0.3 is 15.5 Å². The van der Waals surface area contributed by atoms with E-state index in [4.69, 9.17) is 20.4 Å². The van der Waals surface area contributed by atoms with Crippen molar-refractivity contribution in [1.82, 2.24) is 24.8 Å². The summed E-state index contributed by atoms with van der Waals surface area (Å²) in [6.45, 7) is 8.80. The van der Waals surface area contributed by atoms with Gasteiger partial charge in [-0.15, -0.1) is 0 Å². The number of aromatic amines is 1. The van der Waals surface area contributed by atoms with Crippen molar-refractivity contribution in [3.05, 3.63) is 113 Å². The number of ether oxygens (including phenoxy) is 1. The van der Waals surface area contributed by atoms with Gasteiger partial charge in [0, 0.05) is 44.7 Å². The van der Waals surface area contributed by atoms with Gasteiger partial charge >= 0.3 is 0 Å². The van der Waals surface area contributed by atoms with Crippen molar-refractivity contribution in [3.63, 3.8) is 0 Å². The number of nitrogens with one attached hydrogen (secondary N) is 1. The summed E-state index contributed by atoms with van der Waals surface area (Å²) in [5, 5.41) is 0. The van der Waals surface area contributed by atoms with Crippen molar-refractivity contribution in [2.75, 3.05) is 13.2 Å². The lowest BCUT2D eigenvalue weighted by Crippen LogP contribution is -2.38. The molecule has 45 heavy (non-hydrogen) atoms. The van der Waals surface area contributed by atoms with Gasteiger partial charge in [0.25, 0.3) is 0 Å². The molecule has 0 saturated heterocycles. The molecule has 6 rings (SSSR count). The lowest BCUT2D eigenvalue weighted by Gasteiger charge is -2.40. The summed E-state index contributed by atoms with van der Waals surface area (Å²) in [7, 11) is -1.29. The van der Waals surface area contributed by atoms with Gasteiger partial charge in [0.15, 0.2) is 0 Å². The third kappa shape index (κ3) is 7.06. The molecule has 3 aromatic heterocycles. The molecular weight excluding hydrogens is 577 g/mol. The Labute approximate surface area is 266 Å². The zero-order chi connectivity index (χ0) is 31.4. The number of nitrogens with zero attached hydrogens (tertiary/aromatic N) is 4. The number of amides is 1. The highest BCUT2D eigenvalue weighted by Crippen LogP contribution is 2.40. The third-order valence-electron chi connectivity index (χ3n) is 8.65. The first-order chi connectivity index (χ1) is 21.8. The first-order valence-corrected chi connectivity index (χ1v) is 19.5. The van der Waals surface area contributed by atoms with Crippen molar-refractivity contribution in [2.24, 2.45) is 5.73 Å². The van der Waals surface area contributed by atoms with E-state index in [1.165, 1.54) is 5.56 Å². The summed E-state index contributed by atoms with van der Waals surface area (Å²) >= 11 is 0. The van der Waals surface area contributed by atoms with Crippen molar-refractivity contribution in [3.8, 4) is 11.3 Å². The molecule has 2 aromatic carbocycles. The number of para-hydroxylation sites is 2. The van der Waals surface area contributed by atoms with E-state index in [0.717, 1.165) is 64.7 Å². The standard InChI is InChI=1S/C36H42N6O2Si/c1-45(2,3)22-21-44-24-32(36-40-28-15-4-5-16-29(28)41-36)42(31-18-9-11-25-13-10-20-39-34(25)31)23-26-12-8-14-27(35(37)43)33(26)30-17-6-7-19-38-30/h4-8,10,12-17,19-20,31-32H,9,11,18,21-24H2,1-3H3,(H2,37,43)(H,40,41). The molecule has 0 fully saturated rings. The van der Waals surface area contributed by atoms with Crippen LogP contribution in [-0.4, -0.2) is 52.0 Å². The van der Waals surface area contributed by atoms with E-state index in [-0.39, 0.29) is 12.1 Å². The summed E-state index contributed by atoms with van der Waals surface area (Å²) in [5.74, 6) is 0.384. The number of benzene rings is 2. The molecule has 0 radical (unpaired) electrons. The Kier molecular flexibility index (Phi) is 9.21. The molecule has 3 heterocycles. The summed E-state index contributed by atoms with van der Waals surface area (Å²) in [6.07, 6.45) is 6.65. The van der Waals surface area contributed by atoms with Gasteiger partial charge in [-0.2, -0.15) is 0 Å². The first-order valence-electron chi connectivity index (χ1n) is 15.8. The van der Waals surface area contributed by atoms with Crippen LogP contribution >= 0.6 is 0 Å². The molecule has 0 bridgehead atoms. The predicted octanol–water partition coefficient (Wildman–Crippen LogP) is 7.09. The second-order valence-electron chi connectivity index (χ2n) is 13.1. The molecule has 1 aliphatic carbocycles. The van der Waals surface area contributed by atoms with Gasteiger partial charge in [0.05, 0.1) is 41.1 Å². The molecular formula is C36H42N6O2Si. The quantitative estimate of drug-likeness (QED) is 0.114. The second kappa shape index (κ2) is 13.4. The second-order valence-corrected chi connectivity index (χ2v) is 18.7. The molecule has 1 aliphatic rings. The van der Waals surface area contributed by atoms with Gasteiger partial charge in [0.2, 0.25) is 5.91 Å². The number of carbonyl (C=O) groups excluding carboxylic acids is 1. The molecule has 3 N–H and O–H groups in total. The maximum atomic E-state index is 12.7. The molecule has 9 heteroatoms.